The minimum absolute atomic E-state index is 0.387. The number of nitrogens with two attached hydrogens (primary N) is 1. The largest absolute Gasteiger partial charge is 0.497 e. The summed E-state index contributed by atoms with van der Waals surface area (Å²) < 4.78 is 12.4. The molecule has 5 nitrogen and oxygen atoms in total. The second-order valence-electron chi connectivity index (χ2n) is 3.67. The number of nitrogens with zero attached hydrogens (tertiary/aromatic N) is 2. The van der Waals surface area contributed by atoms with Crippen molar-refractivity contribution < 1.29 is 9.47 Å². The lowest BCUT2D eigenvalue weighted by molar-refractivity contribution is 0.299. The monoisotopic (exact) mass is 233 g/mol. The van der Waals surface area contributed by atoms with Crippen molar-refractivity contribution in [3.05, 3.63) is 36.2 Å². The van der Waals surface area contributed by atoms with Gasteiger partial charge in [0.2, 0.25) is 0 Å². The summed E-state index contributed by atoms with van der Waals surface area (Å²) in [4.78, 5) is 0. The molecule has 0 fully saturated rings. The number of methoxy groups -OCH3 is 1. The van der Waals surface area contributed by atoms with Crippen LogP contribution < -0.4 is 15.2 Å². The maximum Gasteiger partial charge on any atom is 0.146 e. The number of ether oxygens (including phenoxy) is 2. The Balaban J connectivity index is 2.07. The van der Waals surface area contributed by atoms with E-state index in [0.29, 0.717) is 18.0 Å². The normalized spacial score (nSPS) is 10.2. The van der Waals surface area contributed by atoms with Crippen LogP contribution in [0.2, 0.25) is 0 Å². The molecule has 0 radical (unpaired) electrons. The van der Waals surface area contributed by atoms with E-state index in [0.717, 1.165) is 11.4 Å². The highest BCUT2D eigenvalue weighted by atomic mass is 16.5. The number of hydrogen-bond acceptors (Lipinski definition) is 4. The molecule has 2 N–H and O–H groups in total. The first-order chi connectivity index (χ1) is 8.19. The first-order valence-corrected chi connectivity index (χ1v) is 5.24. The minimum atomic E-state index is 0.387. The molecule has 2 aromatic rings. The van der Waals surface area contributed by atoms with E-state index >= 15 is 0 Å². The average molecular weight is 233 g/mol. The summed E-state index contributed by atoms with van der Waals surface area (Å²) >= 11 is 0. The summed E-state index contributed by atoms with van der Waals surface area (Å²) in [6.45, 7) is 0.387. The Labute approximate surface area is 99.8 Å². The number of aryl methyl sites for hydroxylation is 1. The number of nitrogen functional groups attached to an aromatic ring is 1. The first-order valence-electron chi connectivity index (χ1n) is 5.24. The first kappa shape index (κ1) is 11.3. The van der Waals surface area contributed by atoms with Crippen molar-refractivity contribution in [1.29, 1.82) is 0 Å². The van der Waals surface area contributed by atoms with Crippen LogP contribution in [0.3, 0.4) is 0 Å². The summed E-state index contributed by atoms with van der Waals surface area (Å²) in [5.41, 5.74) is 7.25. The van der Waals surface area contributed by atoms with Gasteiger partial charge in [-0.25, -0.2) is 0 Å². The number of anilines is 1. The molecule has 90 valence electrons. The molecule has 1 heterocycles. The van der Waals surface area contributed by atoms with Gasteiger partial charge in [-0.3, -0.25) is 4.68 Å². The lowest BCUT2D eigenvalue weighted by Crippen LogP contribution is -2.00. The fraction of sp³-hybridized carbons (Fsp3) is 0.250. The Morgan fingerprint density at radius 1 is 1.35 bits per heavy atom. The van der Waals surface area contributed by atoms with E-state index in [1.807, 2.05) is 19.3 Å². The fourth-order valence-electron chi connectivity index (χ4n) is 1.46. The third-order valence-electron chi connectivity index (χ3n) is 2.37. The summed E-state index contributed by atoms with van der Waals surface area (Å²) in [6, 6.07) is 7.21. The fourth-order valence-corrected chi connectivity index (χ4v) is 1.46. The lowest BCUT2D eigenvalue weighted by Gasteiger charge is -2.09. The van der Waals surface area contributed by atoms with Crippen LogP contribution in [0.1, 0.15) is 5.69 Å². The molecule has 0 saturated carbocycles. The maximum atomic E-state index is 5.81. The predicted molar refractivity (Wildman–Crippen MR) is 64.9 cm³/mol. The molecule has 0 spiro atoms. The van der Waals surface area contributed by atoms with Gasteiger partial charge >= 0.3 is 0 Å². The lowest BCUT2D eigenvalue weighted by atomic mass is 10.3. The Kier molecular flexibility index (Phi) is 3.18. The summed E-state index contributed by atoms with van der Waals surface area (Å²) in [5, 5.41) is 4.22. The highest BCUT2D eigenvalue weighted by Crippen LogP contribution is 2.27. The Morgan fingerprint density at radius 2 is 2.18 bits per heavy atom. The molecule has 5 heteroatoms. The van der Waals surface area contributed by atoms with Gasteiger partial charge in [0.15, 0.2) is 0 Å². The zero-order valence-corrected chi connectivity index (χ0v) is 9.88. The van der Waals surface area contributed by atoms with Crippen molar-refractivity contribution in [2.75, 3.05) is 12.8 Å². The molecule has 0 unspecified atom stereocenters. The quantitative estimate of drug-likeness (QED) is 0.814. The molecule has 0 bridgehead atoms. The van der Waals surface area contributed by atoms with Crippen molar-refractivity contribution in [2.45, 2.75) is 6.61 Å². The van der Waals surface area contributed by atoms with Gasteiger partial charge in [0.25, 0.3) is 0 Å². The van der Waals surface area contributed by atoms with Gasteiger partial charge in [0.05, 0.1) is 18.5 Å². The molecule has 0 saturated heterocycles. The Hall–Kier alpha value is -2.17. The van der Waals surface area contributed by atoms with Crippen LogP contribution in [0.25, 0.3) is 0 Å². The molecule has 0 atom stereocenters. The van der Waals surface area contributed by atoms with Gasteiger partial charge in [0, 0.05) is 19.3 Å². The van der Waals surface area contributed by atoms with E-state index in [-0.39, 0.29) is 0 Å². The third-order valence-corrected chi connectivity index (χ3v) is 2.37. The smallest absolute Gasteiger partial charge is 0.146 e. The molecule has 17 heavy (non-hydrogen) atoms. The van der Waals surface area contributed by atoms with Crippen LogP contribution in [0.15, 0.2) is 30.5 Å². The zero-order valence-electron chi connectivity index (χ0n) is 9.88. The van der Waals surface area contributed by atoms with Crippen molar-refractivity contribution >= 4 is 5.69 Å². The van der Waals surface area contributed by atoms with E-state index in [1.54, 1.807) is 30.0 Å². The van der Waals surface area contributed by atoms with Gasteiger partial charge in [-0.1, -0.05) is 0 Å². The van der Waals surface area contributed by atoms with Crippen molar-refractivity contribution in [2.24, 2.45) is 7.05 Å². The Bertz CT molecular complexity index is 508. The SMILES string of the molecule is COc1ccc(N)c(OCc2ccn(C)n2)c1. The van der Waals surface area contributed by atoms with Gasteiger partial charge < -0.3 is 15.2 Å². The summed E-state index contributed by atoms with van der Waals surface area (Å²) in [6.07, 6.45) is 1.87. The molecule has 0 aliphatic rings. The molecular formula is C12H15N3O2. The molecule has 1 aromatic carbocycles. The second kappa shape index (κ2) is 4.78. The van der Waals surface area contributed by atoms with E-state index in [9.17, 15) is 0 Å². The van der Waals surface area contributed by atoms with Crippen molar-refractivity contribution in [3.8, 4) is 11.5 Å². The maximum absolute atomic E-state index is 5.81. The summed E-state index contributed by atoms with van der Waals surface area (Å²) in [7, 11) is 3.47. The van der Waals surface area contributed by atoms with Crippen LogP contribution >= 0.6 is 0 Å². The Morgan fingerprint density at radius 3 is 2.82 bits per heavy atom. The van der Waals surface area contributed by atoms with Crippen LogP contribution in [0.5, 0.6) is 11.5 Å². The summed E-state index contributed by atoms with van der Waals surface area (Å²) in [5.74, 6) is 1.32. The van der Waals surface area contributed by atoms with Gasteiger partial charge in [-0.05, 0) is 18.2 Å². The van der Waals surface area contributed by atoms with E-state index in [1.165, 1.54) is 0 Å². The number of benzene rings is 1. The molecular weight excluding hydrogens is 218 g/mol. The topological polar surface area (TPSA) is 62.3 Å². The number of rotatable bonds is 4. The van der Waals surface area contributed by atoms with Crippen molar-refractivity contribution in [1.82, 2.24) is 9.78 Å². The molecule has 0 aliphatic heterocycles. The molecule has 0 amide bonds. The number of hydrogen-bond donors (Lipinski definition) is 1. The molecule has 0 aliphatic carbocycles. The average Bonchev–Trinajstić information content (AvgIpc) is 2.74. The van der Waals surface area contributed by atoms with Gasteiger partial charge in [-0.15, -0.1) is 0 Å². The highest BCUT2D eigenvalue weighted by molar-refractivity contribution is 5.55. The standard InChI is InChI=1S/C12H15N3O2/c1-15-6-5-9(14-15)8-17-12-7-10(16-2)3-4-11(12)13/h3-7H,8,13H2,1-2H3. The van der Waals surface area contributed by atoms with Crippen LogP contribution in [-0.4, -0.2) is 16.9 Å². The zero-order chi connectivity index (χ0) is 12.3. The van der Waals surface area contributed by atoms with Crippen LogP contribution in [0, 0.1) is 0 Å². The van der Waals surface area contributed by atoms with E-state index in [4.69, 9.17) is 15.2 Å². The van der Waals surface area contributed by atoms with Gasteiger partial charge in [0.1, 0.15) is 18.1 Å². The number of aromatic nitrogens is 2. The van der Waals surface area contributed by atoms with Crippen molar-refractivity contribution in [3.63, 3.8) is 0 Å². The van der Waals surface area contributed by atoms with Crippen LogP contribution in [0.4, 0.5) is 5.69 Å². The molecule has 2 rings (SSSR count). The molecule has 1 aromatic heterocycles. The van der Waals surface area contributed by atoms with E-state index in [2.05, 4.69) is 5.10 Å². The van der Waals surface area contributed by atoms with E-state index < -0.39 is 0 Å². The van der Waals surface area contributed by atoms with Gasteiger partial charge in [-0.2, -0.15) is 5.10 Å². The minimum Gasteiger partial charge on any atom is -0.497 e. The second-order valence-corrected chi connectivity index (χ2v) is 3.67. The van der Waals surface area contributed by atoms with Crippen LogP contribution in [-0.2, 0) is 13.7 Å². The third kappa shape index (κ3) is 2.69. The highest BCUT2D eigenvalue weighted by Gasteiger charge is 2.04. The predicted octanol–water partition coefficient (Wildman–Crippen LogP) is 1.59.